The molecule has 0 fully saturated rings. The number of hydrogen-bond acceptors (Lipinski definition) is 3. The van der Waals surface area contributed by atoms with Crippen LogP contribution in [-0.2, 0) is 4.74 Å². The van der Waals surface area contributed by atoms with Crippen molar-refractivity contribution in [3.63, 3.8) is 0 Å². The minimum absolute atomic E-state index is 0.798. The summed E-state index contributed by atoms with van der Waals surface area (Å²) in [7, 11) is 0. The molecule has 1 aromatic carbocycles. The summed E-state index contributed by atoms with van der Waals surface area (Å²) in [5, 5.41) is 3.28. The molecule has 0 aromatic heterocycles. The van der Waals surface area contributed by atoms with Gasteiger partial charge in [-0.2, -0.15) is 0 Å². The molecule has 0 unspecified atom stereocenters. The van der Waals surface area contributed by atoms with Crippen LogP contribution in [0.5, 0.6) is 0 Å². The lowest BCUT2D eigenvalue weighted by Gasteiger charge is -2.08. The average molecular weight is 208 g/mol. The third kappa shape index (κ3) is 4.70. The Morgan fingerprint density at radius 3 is 2.80 bits per heavy atom. The van der Waals surface area contributed by atoms with E-state index in [4.69, 9.17) is 10.5 Å². The van der Waals surface area contributed by atoms with Crippen LogP contribution in [0.3, 0.4) is 0 Å². The molecule has 84 valence electrons. The van der Waals surface area contributed by atoms with Gasteiger partial charge in [0.05, 0.1) is 11.4 Å². The number of hydrogen-bond donors (Lipinski definition) is 2. The van der Waals surface area contributed by atoms with E-state index in [1.54, 1.807) is 0 Å². The van der Waals surface area contributed by atoms with Crippen LogP contribution >= 0.6 is 0 Å². The van der Waals surface area contributed by atoms with Gasteiger partial charge in [0.2, 0.25) is 0 Å². The number of para-hydroxylation sites is 2. The van der Waals surface area contributed by atoms with Crippen LogP contribution in [0.1, 0.15) is 19.8 Å². The summed E-state index contributed by atoms with van der Waals surface area (Å²) >= 11 is 0. The second kappa shape index (κ2) is 7.12. The van der Waals surface area contributed by atoms with Crippen molar-refractivity contribution in [3.05, 3.63) is 24.3 Å². The first-order chi connectivity index (χ1) is 7.34. The molecule has 0 aliphatic heterocycles. The molecule has 3 nitrogen and oxygen atoms in total. The van der Waals surface area contributed by atoms with Gasteiger partial charge in [0.1, 0.15) is 0 Å². The Labute approximate surface area is 91.6 Å². The van der Waals surface area contributed by atoms with E-state index in [9.17, 15) is 0 Å². The van der Waals surface area contributed by atoms with Crippen molar-refractivity contribution in [2.45, 2.75) is 19.8 Å². The normalized spacial score (nSPS) is 10.2. The third-order valence-electron chi connectivity index (χ3n) is 2.09. The monoisotopic (exact) mass is 208 g/mol. The van der Waals surface area contributed by atoms with Gasteiger partial charge in [-0.1, -0.05) is 19.1 Å². The zero-order chi connectivity index (χ0) is 10.9. The van der Waals surface area contributed by atoms with Crippen molar-refractivity contribution in [2.24, 2.45) is 0 Å². The fourth-order valence-electron chi connectivity index (χ4n) is 1.30. The summed E-state index contributed by atoms with van der Waals surface area (Å²) in [6.07, 6.45) is 2.09. The Bertz CT molecular complexity index is 276. The zero-order valence-electron chi connectivity index (χ0n) is 9.33. The molecular weight excluding hydrogens is 188 g/mol. The Morgan fingerprint density at radius 1 is 1.27 bits per heavy atom. The number of nitrogen functional groups attached to an aromatic ring is 1. The van der Waals surface area contributed by atoms with E-state index < -0.39 is 0 Å². The number of anilines is 2. The molecule has 0 aliphatic rings. The molecule has 0 bridgehead atoms. The van der Waals surface area contributed by atoms with E-state index in [1.165, 1.54) is 0 Å². The smallest absolute Gasteiger partial charge is 0.0573 e. The summed E-state index contributed by atoms with van der Waals surface area (Å²) in [6, 6.07) is 7.80. The molecule has 1 rings (SSSR count). The van der Waals surface area contributed by atoms with Gasteiger partial charge in [-0.25, -0.2) is 0 Å². The van der Waals surface area contributed by atoms with Gasteiger partial charge >= 0.3 is 0 Å². The van der Waals surface area contributed by atoms with Crippen LogP contribution in [-0.4, -0.2) is 19.8 Å². The minimum atomic E-state index is 0.798. The van der Waals surface area contributed by atoms with E-state index in [1.807, 2.05) is 24.3 Å². The molecule has 0 radical (unpaired) electrons. The maximum absolute atomic E-state index is 5.79. The van der Waals surface area contributed by atoms with Crippen LogP contribution in [0.25, 0.3) is 0 Å². The quantitative estimate of drug-likeness (QED) is 0.534. The van der Waals surface area contributed by atoms with Gasteiger partial charge in [0, 0.05) is 19.8 Å². The summed E-state index contributed by atoms with van der Waals surface area (Å²) in [4.78, 5) is 0. The first kappa shape index (κ1) is 11.9. The van der Waals surface area contributed by atoms with Crippen molar-refractivity contribution in [2.75, 3.05) is 30.8 Å². The Morgan fingerprint density at radius 2 is 2.07 bits per heavy atom. The highest BCUT2D eigenvalue weighted by atomic mass is 16.5. The van der Waals surface area contributed by atoms with E-state index in [-0.39, 0.29) is 0 Å². The standard InChI is InChI=1S/C12H20N2O/c1-2-9-15-10-5-8-14-12-7-4-3-6-11(12)13/h3-4,6-7,14H,2,5,8-10,13H2,1H3. The predicted octanol–water partition coefficient (Wildman–Crippen LogP) is 2.50. The fourth-order valence-corrected chi connectivity index (χ4v) is 1.30. The highest BCUT2D eigenvalue weighted by molar-refractivity contribution is 5.65. The second-order valence-electron chi connectivity index (χ2n) is 3.48. The summed E-state index contributed by atoms with van der Waals surface area (Å²) in [5.41, 5.74) is 7.59. The number of rotatable bonds is 7. The van der Waals surface area contributed by atoms with Crippen molar-refractivity contribution in [3.8, 4) is 0 Å². The maximum atomic E-state index is 5.79. The van der Waals surface area contributed by atoms with Crippen LogP contribution in [0.4, 0.5) is 11.4 Å². The molecule has 1 aromatic rings. The number of nitrogens with one attached hydrogen (secondary N) is 1. The SMILES string of the molecule is CCCOCCCNc1ccccc1N. The van der Waals surface area contributed by atoms with Gasteiger partial charge in [0.25, 0.3) is 0 Å². The fraction of sp³-hybridized carbons (Fsp3) is 0.500. The highest BCUT2D eigenvalue weighted by Crippen LogP contribution is 2.16. The van der Waals surface area contributed by atoms with E-state index in [0.29, 0.717) is 0 Å². The van der Waals surface area contributed by atoms with Crippen molar-refractivity contribution < 1.29 is 4.74 Å². The van der Waals surface area contributed by atoms with E-state index in [2.05, 4.69) is 12.2 Å². The molecule has 0 aliphatic carbocycles. The average Bonchev–Trinajstić information content (AvgIpc) is 2.25. The van der Waals surface area contributed by atoms with Gasteiger partial charge in [-0.05, 0) is 25.0 Å². The van der Waals surface area contributed by atoms with Gasteiger partial charge in [-0.3, -0.25) is 0 Å². The van der Waals surface area contributed by atoms with E-state index in [0.717, 1.165) is 44.0 Å². The Kier molecular flexibility index (Phi) is 5.63. The van der Waals surface area contributed by atoms with Crippen molar-refractivity contribution in [1.82, 2.24) is 0 Å². The minimum Gasteiger partial charge on any atom is -0.397 e. The lowest BCUT2D eigenvalue weighted by molar-refractivity contribution is 0.134. The lowest BCUT2D eigenvalue weighted by Crippen LogP contribution is -2.07. The van der Waals surface area contributed by atoms with E-state index >= 15 is 0 Å². The zero-order valence-corrected chi connectivity index (χ0v) is 9.33. The van der Waals surface area contributed by atoms with Crippen LogP contribution in [0.15, 0.2) is 24.3 Å². The number of nitrogens with two attached hydrogens (primary N) is 1. The topological polar surface area (TPSA) is 47.3 Å². The summed E-state index contributed by atoms with van der Waals surface area (Å²) in [5.74, 6) is 0. The second-order valence-corrected chi connectivity index (χ2v) is 3.48. The van der Waals surface area contributed by atoms with Gasteiger partial charge in [0.15, 0.2) is 0 Å². The molecule has 3 heteroatoms. The van der Waals surface area contributed by atoms with Crippen LogP contribution < -0.4 is 11.1 Å². The lowest BCUT2D eigenvalue weighted by atomic mass is 10.2. The van der Waals surface area contributed by atoms with Gasteiger partial charge in [-0.15, -0.1) is 0 Å². The third-order valence-corrected chi connectivity index (χ3v) is 2.09. The molecule has 15 heavy (non-hydrogen) atoms. The molecular formula is C12H20N2O. The predicted molar refractivity (Wildman–Crippen MR) is 65.1 cm³/mol. The highest BCUT2D eigenvalue weighted by Gasteiger charge is 1.95. The molecule has 3 N–H and O–H groups in total. The summed E-state index contributed by atoms with van der Waals surface area (Å²) < 4.78 is 5.38. The Hall–Kier alpha value is -1.22. The number of ether oxygens (including phenoxy) is 1. The number of benzene rings is 1. The van der Waals surface area contributed by atoms with Gasteiger partial charge < -0.3 is 15.8 Å². The molecule has 0 atom stereocenters. The molecule has 0 amide bonds. The first-order valence-corrected chi connectivity index (χ1v) is 5.50. The molecule has 0 spiro atoms. The first-order valence-electron chi connectivity index (χ1n) is 5.50. The largest absolute Gasteiger partial charge is 0.397 e. The molecule has 0 saturated carbocycles. The molecule has 0 heterocycles. The Balaban J connectivity index is 2.12. The van der Waals surface area contributed by atoms with Crippen molar-refractivity contribution in [1.29, 1.82) is 0 Å². The summed E-state index contributed by atoms with van der Waals surface area (Å²) in [6.45, 7) is 4.68. The van der Waals surface area contributed by atoms with Crippen LogP contribution in [0, 0.1) is 0 Å². The van der Waals surface area contributed by atoms with Crippen molar-refractivity contribution >= 4 is 11.4 Å². The van der Waals surface area contributed by atoms with Crippen LogP contribution in [0.2, 0.25) is 0 Å². The maximum Gasteiger partial charge on any atom is 0.0573 e. The molecule has 0 saturated heterocycles.